The van der Waals surface area contributed by atoms with Crippen LogP contribution in [0.1, 0.15) is 99.3 Å². The normalized spacial score (nSPS) is 35.1. The van der Waals surface area contributed by atoms with Crippen LogP contribution in [-0.4, -0.2) is 25.2 Å². The highest BCUT2D eigenvalue weighted by Crippen LogP contribution is 2.36. The maximum absolute atomic E-state index is 4.01. The first-order valence-corrected chi connectivity index (χ1v) is 12.5. The maximum Gasteiger partial charge on any atom is 0.0126 e. The molecule has 0 bridgehead atoms. The van der Waals surface area contributed by atoms with Crippen molar-refractivity contribution in [3.63, 3.8) is 0 Å². The number of hydrogen-bond acceptors (Lipinski definition) is 2. The summed E-state index contributed by atoms with van der Waals surface area (Å²) in [5.74, 6) is 5.18. The molecule has 2 aliphatic rings. The third-order valence-electron chi connectivity index (χ3n) is 8.04. The lowest BCUT2D eigenvalue weighted by Gasteiger charge is -2.41. The fraction of sp³-hybridized carbons (Fsp3) is 1.00. The van der Waals surface area contributed by atoms with Crippen molar-refractivity contribution in [2.75, 3.05) is 13.1 Å². The van der Waals surface area contributed by atoms with Crippen molar-refractivity contribution in [3.8, 4) is 0 Å². The van der Waals surface area contributed by atoms with Crippen molar-refractivity contribution in [3.05, 3.63) is 0 Å². The lowest BCUT2D eigenvalue weighted by atomic mass is 9.71. The molecule has 2 rings (SSSR count). The van der Waals surface area contributed by atoms with E-state index >= 15 is 0 Å². The molecule has 2 heteroatoms. The molecule has 6 unspecified atom stereocenters. The third kappa shape index (κ3) is 6.46. The Bertz CT molecular complexity index is 356. The minimum Gasteiger partial charge on any atom is -0.313 e. The summed E-state index contributed by atoms with van der Waals surface area (Å²) >= 11 is 0. The van der Waals surface area contributed by atoms with Gasteiger partial charge in [-0.2, -0.15) is 0 Å². The van der Waals surface area contributed by atoms with Crippen LogP contribution in [0, 0.1) is 35.5 Å². The molecule has 2 fully saturated rings. The average molecular weight is 379 g/mol. The number of rotatable bonds is 10. The van der Waals surface area contributed by atoms with E-state index in [0.717, 1.165) is 47.6 Å². The van der Waals surface area contributed by atoms with E-state index in [1.807, 2.05) is 0 Å². The average Bonchev–Trinajstić information content (AvgIpc) is 2.67. The molecule has 0 aromatic rings. The van der Waals surface area contributed by atoms with Gasteiger partial charge in [-0.15, -0.1) is 0 Å². The van der Waals surface area contributed by atoms with E-state index in [-0.39, 0.29) is 0 Å². The van der Waals surface area contributed by atoms with Gasteiger partial charge in [-0.1, -0.05) is 67.2 Å². The molecule has 0 saturated heterocycles. The summed E-state index contributed by atoms with van der Waals surface area (Å²) < 4.78 is 0. The summed E-state index contributed by atoms with van der Waals surface area (Å²) in [6.07, 6.45) is 12.6. The Morgan fingerprint density at radius 1 is 0.667 bits per heavy atom. The van der Waals surface area contributed by atoms with Crippen LogP contribution in [0.15, 0.2) is 0 Å². The van der Waals surface area contributed by atoms with Crippen molar-refractivity contribution in [2.24, 2.45) is 35.5 Å². The second-order valence-electron chi connectivity index (χ2n) is 10.3. The van der Waals surface area contributed by atoms with Crippen molar-refractivity contribution in [1.82, 2.24) is 10.6 Å². The highest BCUT2D eigenvalue weighted by atomic mass is 15.0. The zero-order chi connectivity index (χ0) is 19.8. The zero-order valence-electron chi connectivity index (χ0n) is 19.4. The largest absolute Gasteiger partial charge is 0.313 e. The van der Waals surface area contributed by atoms with E-state index in [4.69, 9.17) is 0 Å². The van der Waals surface area contributed by atoms with Crippen LogP contribution < -0.4 is 10.6 Å². The first-order valence-electron chi connectivity index (χ1n) is 12.5. The standard InChI is InChI=1S/C25H50N2/c1-7-20-12-9-14-22(18(3)4)24(20)26-16-11-17-27-25-21(8-2)13-10-15-23(25)19(5)6/h18-27H,7-17H2,1-6H3. The molecular weight excluding hydrogens is 328 g/mol. The van der Waals surface area contributed by atoms with Gasteiger partial charge < -0.3 is 10.6 Å². The molecule has 2 aliphatic carbocycles. The van der Waals surface area contributed by atoms with Gasteiger partial charge in [0, 0.05) is 12.1 Å². The first kappa shape index (κ1) is 23.2. The summed E-state index contributed by atoms with van der Waals surface area (Å²) in [7, 11) is 0. The third-order valence-corrected chi connectivity index (χ3v) is 8.04. The Kier molecular flexibility index (Phi) is 10.1. The molecule has 6 atom stereocenters. The van der Waals surface area contributed by atoms with Crippen LogP contribution in [0.4, 0.5) is 0 Å². The molecule has 0 aromatic heterocycles. The molecule has 2 N–H and O–H groups in total. The van der Waals surface area contributed by atoms with Crippen LogP contribution >= 0.6 is 0 Å². The molecule has 2 saturated carbocycles. The molecule has 2 nitrogen and oxygen atoms in total. The van der Waals surface area contributed by atoms with Crippen molar-refractivity contribution in [2.45, 2.75) is 111 Å². The van der Waals surface area contributed by atoms with E-state index < -0.39 is 0 Å². The molecule has 160 valence electrons. The number of nitrogens with one attached hydrogen (secondary N) is 2. The Hall–Kier alpha value is -0.0800. The molecule has 27 heavy (non-hydrogen) atoms. The van der Waals surface area contributed by atoms with Gasteiger partial charge in [-0.3, -0.25) is 0 Å². The summed E-state index contributed by atoms with van der Waals surface area (Å²) in [6.45, 7) is 16.9. The van der Waals surface area contributed by atoms with E-state index in [9.17, 15) is 0 Å². The Morgan fingerprint density at radius 2 is 1.07 bits per heavy atom. The predicted octanol–water partition coefficient (Wildman–Crippen LogP) is 6.26. The van der Waals surface area contributed by atoms with Crippen LogP contribution in [0.2, 0.25) is 0 Å². The molecule has 0 heterocycles. The Labute approximate surface area is 171 Å². The highest BCUT2D eigenvalue weighted by Gasteiger charge is 2.34. The van der Waals surface area contributed by atoms with E-state index in [0.29, 0.717) is 0 Å². The molecule has 0 radical (unpaired) electrons. The zero-order valence-corrected chi connectivity index (χ0v) is 19.4. The van der Waals surface area contributed by atoms with Gasteiger partial charge in [0.25, 0.3) is 0 Å². The topological polar surface area (TPSA) is 24.1 Å². The summed E-state index contributed by atoms with van der Waals surface area (Å²) in [5, 5.41) is 8.02. The van der Waals surface area contributed by atoms with Crippen LogP contribution in [0.3, 0.4) is 0 Å². The summed E-state index contributed by atoms with van der Waals surface area (Å²) in [4.78, 5) is 0. The van der Waals surface area contributed by atoms with Gasteiger partial charge in [-0.25, -0.2) is 0 Å². The second kappa shape index (κ2) is 11.8. The Morgan fingerprint density at radius 3 is 1.41 bits per heavy atom. The molecular formula is C25H50N2. The highest BCUT2D eigenvalue weighted by molar-refractivity contribution is 4.90. The fourth-order valence-corrected chi connectivity index (χ4v) is 6.32. The lowest BCUT2D eigenvalue weighted by Crippen LogP contribution is -2.49. The van der Waals surface area contributed by atoms with E-state index in [1.54, 1.807) is 0 Å². The first-order chi connectivity index (χ1) is 13.0. The van der Waals surface area contributed by atoms with Gasteiger partial charge in [-0.05, 0) is 80.7 Å². The van der Waals surface area contributed by atoms with Crippen LogP contribution in [0.5, 0.6) is 0 Å². The summed E-state index contributed by atoms with van der Waals surface area (Å²) in [5.41, 5.74) is 0. The van der Waals surface area contributed by atoms with Crippen molar-refractivity contribution in [1.29, 1.82) is 0 Å². The minimum absolute atomic E-state index is 0.755. The van der Waals surface area contributed by atoms with Crippen molar-refractivity contribution < 1.29 is 0 Å². The lowest BCUT2D eigenvalue weighted by molar-refractivity contribution is 0.134. The van der Waals surface area contributed by atoms with Gasteiger partial charge in [0.15, 0.2) is 0 Å². The van der Waals surface area contributed by atoms with Crippen LogP contribution in [-0.2, 0) is 0 Å². The summed E-state index contributed by atoms with van der Waals surface area (Å²) in [6, 6.07) is 1.51. The SMILES string of the molecule is CCC1CCCC(C(C)C)C1NCCCNC1C(CC)CCCC1C(C)C. The van der Waals surface area contributed by atoms with E-state index in [1.165, 1.54) is 70.9 Å². The van der Waals surface area contributed by atoms with Crippen LogP contribution in [0.25, 0.3) is 0 Å². The van der Waals surface area contributed by atoms with Gasteiger partial charge in [0.2, 0.25) is 0 Å². The fourth-order valence-electron chi connectivity index (χ4n) is 6.32. The molecule has 0 aromatic carbocycles. The Balaban J connectivity index is 1.79. The van der Waals surface area contributed by atoms with Crippen molar-refractivity contribution >= 4 is 0 Å². The minimum atomic E-state index is 0.755. The monoisotopic (exact) mass is 378 g/mol. The number of hydrogen-bond donors (Lipinski definition) is 2. The van der Waals surface area contributed by atoms with Gasteiger partial charge in [0.1, 0.15) is 0 Å². The molecule has 0 amide bonds. The molecule has 0 aliphatic heterocycles. The van der Waals surface area contributed by atoms with Gasteiger partial charge in [0.05, 0.1) is 0 Å². The molecule has 0 spiro atoms. The maximum atomic E-state index is 4.01. The second-order valence-corrected chi connectivity index (χ2v) is 10.3. The predicted molar refractivity (Wildman–Crippen MR) is 120 cm³/mol. The smallest absolute Gasteiger partial charge is 0.0126 e. The van der Waals surface area contributed by atoms with E-state index in [2.05, 4.69) is 52.2 Å². The van der Waals surface area contributed by atoms with Gasteiger partial charge >= 0.3 is 0 Å². The quantitative estimate of drug-likeness (QED) is 0.438.